The second-order valence-corrected chi connectivity index (χ2v) is 6.96. The summed E-state index contributed by atoms with van der Waals surface area (Å²) in [6, 6.07) is 8.11. The van der Waals surface area contributed by atoms with E-state index in [4.69, 9.17) is 4.98 Å². The number of anilines is 1. The zero-order chi connectivity index (χ0) is 18.9. The Bertz CT molecular complexity index is 1050. The average Bonchev–Trinajstić information content (AvgIpc) is 3.35. The lowest BCUT2D eigenvalue weighted by Crippen LogP contribution is -2.36. The van der Waals surface area contributed by atoms with Gasteiger partial charge in [-0.1, -0.05) is 12.1 Å². The molecule has 0 saturated heterocycles. The highest BCUT2D eigenvalue weighted by molar-refractivity contribution is 5.74. The van der Waals surface area contributed by atoms with E-state index in [2.05, 4.69) is 41.2 Å². The Hall–Kier alpha value is -3.26. The summed E-state index contributed by atoms with van der Waals surface area (Å²) in [6.45, 7) is 4.44. The summed E-state index contributed by atoms with van der Waals surface area (Å²) < 4.78 is 0. The molecule has 5 rings (SSSR count). The highest BCUT2D eigenvalue weighted by Crippen LogP contribution is 2.33. The largest absolute Gasteiger partial charge is 0.355 e. The lowest BCUT2D eigenvalue weighted by molar-refractivity contribution is 0.195. The molecule has 1 aromatic carbocycles. The smallest absolute Gasteiger partial charge is 0.222 e. The van der Waals surface area contributed by atoms with Gasteiger partial charge in [-0.15, -0.1) is 0 Å². The van der Waals surface area contributed by atoms with Gasteiger partial charge in [-0.3, -0.25) is 4.90 Å². The number of fused-ring (bicyclic) bond motifs is 2. The zero-order valence-corrected chi connectivity index (χ0v) is 15.7. The van der Waals surface area contributed by atoms with Crippen LogP contribution in [0.4, 0.5) is 5.95 Å². The van der Waals surface area contributed by atoms with Crippen molar-refractivity contribution in [3.8, 4) is 0 Å². The minimum atomic E-state index is -0.00103. The predicted octanol–water partition coefficient (Wildman–Crippen LogP) is 2.66. The van der Waals surface area contributed by atoms with E-state index in [0.29, 0.717) is 12.5 Å². The van der Waals surface area contributed by atoms with Crippen LogP contribution in [0.15, 0.2) is 43.0 Å². The van der Waals surface area contributed by atoms with Crippen molar-refractivity contribution in [3.05, 3.63) is 65.8 Å². The minimum Gasteiger partial charge on any atom is -0.355 e. The highest BCUT2D eigenvalue weighted by Gasteiger charge is 2.32. The van der Waals surface area contributed by atoms with Crippen LogP contribution in [-0.2, 0) is 13.0 Å². The number of rotatable bonds is 5. The maximum Gasteiger partial charge on any atom is 0.222 e. The van der Waals surface area contributed by atoms with E-state index in [0.717, 1.165) is 47.6 Å². The van der Waals surface area contributed by atoms with Crippen LogP contribution in [0.1, 0.15) is 35.7 Å². The van der Waals surface area contributed by atoms with Crippen LogP contribution < -0.4 is 5.32 Å². The van der Waals surface area contributed by atoms with Crippen LogP contribution in [0.5, 0.6) is 0 Å². The summed E-state index contributed by atoms with van der Waals surface area (Å²) in [5.41, 5.74) is 5.31. The van der Waals surface area contributed by atoms with E-state index in [1.165, 1.54) is 5.69 Å². The number of hydrogen-bond donors (Lipinski definition) is 3. The fraction of sp³-hybridized carbons (Fsp3) is 0.300. The SMILES string of the molecule is CCNc1ncc(C2c3nc[nH]c3CCN2Cc2nc3ccccc3[nH]2)cn1. The number of nitrogens with one attached hydrogen (secondary N) is 3. The maximum absolute atomic E-state index is 4.75. The van der Waals surface area contributed by atoms with Crippen LogP contribution in [-0.4, -0.2) is 47.9 Å². The molecule has 0 amide bonds. The van der Waals surface area contributed by atoms with Gasteiger partial charge in [-0.25, -0.2) is 19.9 Å². The Kier molecular flexibility index (Phi) is 4.25. The summed E-state index contributed by atoms with van der Waals surface area (Å²) >= 11 is 0. The number of H-pyrrole nitrogens is 2. The highest BCUT2D eigenvalue weighted by atomic mass is 15.2. The normalized spacial score (nSPS) is 17.0. The van der Waals surface area contributed by atoms with Gasteiger partial charge in [0.05, 0.1) is 35.6 Å². The van der Waals surface area contributed by atoms with Gasteiger partial charge in [0, 0.05) is 43.2 Å². The van der Waals surface area contributed by atoms with Crippen LogP contribution >= 0.6 is 0 Å². The molecular weight excluding hydrogens is 352 g/mol. The second kappa shape index (κ2) is 7.05. The molecule has 142 valence electrons. The molecule has 8 nitrogen and oxygen atoms in total. The molecule has 0 bridgehead atoms. The molecule has 8 heteroatoms. The first-order valence-corrected chi connectivity index (χ1v) is 9.57. The van der Waals surface area contributed by atoms with Crippen molar-refractivity contribution in [2.75, 3.05) is 18.4 Å². The van der Waals surface area contributed by atoms with Gasteiger partial charge < -0.3 is 15.3 Å². The first kappa shape index (κ1) is 16.9. The summed E-state index contributed by atoms with van der Waals surface area (Å²) in [6.07, 6.45) is 6.49. The van der Waals surface area contributed by atoms with Crippen molar-refractivity contribution < 1.29 is 0 Å². The van der Waals surface area contributed by atoms with Crippen LogP contribution in [0.2, 0.25) is 0 Å². The molecule has 3 N–H and O–H groups in total. The molecule has 3 aromatic heterocycles. The third kappa shape index (κ3) is 3.01. The van der Waals surface area contributed by atoms with Gasteiger partial charge in [0.2, 0.25) is 5.95 Å². The molecule has 0 saturated carbocycles. The van der Waals surface area contributed by atoms with E-state index < -0.39 is 0 Å². The number of aromatic amines is 2. The van der Waals surface area contributed by atoms with Crippen molar-refractivity contribution in [3.63, 3.8) is 0 Å². The average molecular weight is 374 g/mol. The van der Waals surface area contributed by atoms with Crippen molar-refractivity contribution >= 4 is 17.0 Å². The van der Waals surface area contributed by atoms with Gasteiger partial charge >= 0.3 is 0 Å². The molecule has 4 heterocycles. The molecule has 0 fully saturated rings. The summed E-state index contributed by atoms with van der Waals surface area (Å²) in [5, 5.41) is 3.15. The Morgan fingerprint density at radius 2 is 2.04 bits per heavy atom. The van der Waals surface area contributed by atoms with Gasteiger partial charge in [-0.2, -0.15) is 0 Å². The van der Waals surface area contributed by atoms with E-state index in [1.54, 1.807) is 6.33 Å². The maximum atomic E-state index is 4.75. The van der Waals surface area contributed by atoms with Crippen molar-refractivity contribution in [1.29, 1.82) is 0 Å². The number of nitrogens with zero attached hydrogens (tertiary/aromatic N) is 5. The molecule has 1 aliphatic rings. The van der Waals surface area contributed by atoms with Gasteiger partial charge in [-0.05, 0) is 19.1 Å². The number of benzene rings is 1. The predicted molar refractivity (Wildman–Crippen MR) is 107 cm³/mol. The summed E-state index contributed by atoms with van der Waals surface area (Å²) in [4.78, 5) is 27.4. The van der Waals surface area contributed by atoms with E-state index in [9.17, 15) is 0 Å². The second-order valence-electron chi connectivity index (χ2n) is 6.96. The van der Waals surface area contributed by atoms with Crippen LogP contribution in [0.25, 0.3) is 11.0 Å². The fourth-order valence-corrected chi connectivity index (χ4v) is 3.87. The Morgan fingerprint density at radius 1 is 1.18 bits per heavy atom. The molecule has 28 heavy (non-hydrogen) atoms. The molecule has 0 aliphatic carbocycles. The molecule has 0 radical (unpaired) electrons. The molecule has 1 aliphatic heterocycles. The summed E-state index contributed by atoms with van der Waals surface area (Å²) in [7, 11) is 0. The van der Waals surface area contributed by atoms with Crippen molar-refractivity contribution in [2.24, 2.45) is 0 Å². The Labute approximate surface area is 162 Å². The number of imidazole rings is 2. The van der Waals surface area contributed by atoms with Gasteiger partial charge in [0.25, 0.3) is 0 Å². The van der Waals surface area contributed by atoms with Gasteiger partial charge in [0.1, 0.15) is 5.82 Å². The third-order valence-electron chi connectivity index (χ3n) is 5.14. The topological polar surface area (TPSA) is 98.4 Å². The lowest BCUT2D eigenvalue weighted by Gasteiger charge is -2.34. The third-order valence-corrected chi connectivity index (χ3v) is 5.14. The monoisotopic (exact) mass is 374 g/mol. The van der Waals surface area contributed by atoms with E-state index >= 15 is 0 Å². The number of aromatic nitrogens is 6. The molecule has 4 aromatic rings. The first-order chi connectivity index (χ1) is 13.8. The zero-order valence-electron chi connectivity index (χ0n) is 15.7. The van der Waals surface area contributed by atoms with Gasteiger partial charge in [0.15, 0.2) is 0 Å². The molecular formula is C20H22N8. The number of hydrogen-bond acceptors (Lipinski definition) is 6. The molecule has 0 spiro atoms. The quantitative estimate of drug-likeness (QED) is 0.497. The van der Waals surface area contributed by atoms with Crippen molar-refractivity contribution in [1.82, 2.24) is 34.8 Å². The van der Waals surface area contributed by atoms with E-state index in [-0.39, 0.29) is 6.04 Å². The standard InChI is InChI=1S/C20H22N8/c1-2-21-20-22-9-13(10-23-20)19-18-16(24-12-25-18)7-8-28(19)11-17-26-14-5-3-4-6-15(14)27-17/h3-6,9-10,12,19H,2,7-8,11H2,1H3,(H,24,25)(H,26,27)(H,21,22,23). The molecule has 1 unspecified atom stereocenters. The first-order valence-electron chi connectivity index (χ1n) is 9.57. The van der Waals surface area contributed by atoms with Crippen molar-refractivity contribution in [2.45, 2.75) is 25.9 Å². The fourth-order valence-electron chi connectivity index (χ4n) is 3.87. The summed E-state index contributed by atoms with van der Waals surface area (Å²) in [5.74, 6) is 1.60. The van der Waals surface area contributed by atoms with E-state index in [1.807, 2.05) is 37.5 Å². The molecule has 1 atom stereocenters. The Morgan fingerprint density at radius 3 is 2.86 bits per heavy atom. The Balaban J connectivity index is 1.48. The van der Waals surface area contributed by atoms with Crippen LogP contribution in [0, 0.1) is 0 Å². The minimum absolute atomic E-state index is 0.00103. The number of para-hydroxylation sites is 2. The lowest BCUT2D eigenvalue weighted by atomic mass is 9.97. The van der Waals surface area contributed by atoms with Crippen LogP contribution in [0.3, 0.4) is 0 Å².